The van der Waals surface area contributed by atoms with Crippen molar-refractivity contribution in [2.45, 2.75) is 57.4 Å². The highest BCUT2D eigenvalue weighted by Gasteiger charge is 2.29. The van der Waals surface area contributed by atoms with Gasteiger partial charge in [0.15, 0.2) is 17.2 Å². The van der Waals surface area contributed by atoms with E-state index in [1.165, 1.54) is 13.2 Å². The van der Waals surface area contributed by atoms with Crippen molar-refractivity contribution in [2.24, 2.45) is 0 Å². The summed E-state index contributed by atoms with van der Waals surface area (Å²) in [6.07, 6.45) is 4.61. The normalized spacial score (nSPS) is 13.9. The summed E-state index contributed by atoms with van der Waals surface area (Å²) in [6.45, 7) is 0. The number of benzene rings is 1. The lowest BCUT2D eigenvalue weighted by Gasteiger charge is -2.20. The van der Waals surface area contributed by atoms with Gasteiger partial charge in [-0.05, 0) is 60.6 Å². The molecule has 0 fully saturated rings. The molecule has 2 amide bonds. The van der Waals surface area contributed by atoms with Crippen molar-refractivity contribution < 1.29 is 33.7 Å². The van der Waals surface area contributed by atoms with Crippen molar-refractivity contribution in [3.8, 4) is 34.1 Å². The van der Waals surface area contributed by atoms with E-state index in [-0.39, 0.29) is 23.5 Å². The van der Waals surface area contributed by atoms with Crippen LogP contribution in [0.3, 0.4) is 0 Å². The molecule has 0 radical (unpaired) electrons. The Balaban J connectivity index is 1.92. The molecule has 1 aliphatic carbocycles. The molecule has 0 unspecified atom stereocenters. The standard InChI is InChI=1S/C28H36N2O8/c1-35-22-14-12-18-19(16-21(22)31)20(29-24(32)9-7-5-6-8-10-25(33)30-34)13-11-17-15-23(36-2)27(37-3)28(38-4)26(17)18/h12,14-16,20,34H,5-11,13H2,1-4H3,(H,29,32)(H,30,33)/t20-/m0/s1. The second kappa shape index (κ2) is 13.7. The Kier molecular flexibility index (Phi) is 10.3. The second-order valence-electron chi connectivity index (χ2n) is 9.07. The summed E-state index contributed by atoms with van der Waals surface area (Å²) in [6, 6.07) is 6.46. The number of carbonyl (C=O) groups excluding carboxylic acids is 2. The quantitative estimate of drug-likeness (QED) is 0.216. The molecule has 0 bridgehead atoms. The van der Waals surface area contributed by atoms with Crippen LogP contribution in [0.1, 0.15) is 62.1 Å². The zero-order chi connectivity index (χ0) is 27.7. The molecule has 0 heterocycles. The lowest BCUT2D eigenvalue weighted by Crippen LogP contribution is -2.28. The van der Waals surface area contributed by atoms with Gasteiger partial charge < -0.3 is 24.3 Å². The van der Waals surface area contributed by atoms with Crippen LogP contribution in [0, 0.1) is 0 Å². The van der Waals surface area contributed by atoms with E-state index in [0.717, 1.165) is 29.5 Å². The number of hydrogen-bond acceptors (Lipinski definition) is 8. The van der Waals surface area contributed by atoms with Crippen LogP contribution in [0.5, 0.6) is 23.0 Å². The van der Waals surface area contributed by atoms with Gasteiger partial charge >= 0.3 is 0 Å². The van der Waals surface area contributed by atoms with Crippen molar-refractivity contribution in [3.05, 3.63) is 45.6 Å². The third kappa shape index (κ3) is 6.55. The van der Waals surface area contributed by atoms with Crippen LogP contribution in [-0.2, 0) is 16.0 Å². The Bertz CT molecular complexity index is 1210. The molecular formula is C28H36N2O8. The first-order chi connectivity index (χ1) is 18.4. The average Bonchev–Trinajstić information content (AvgIpc) is 3.17. The molecule has 3 rings (SSSR count). The molecule has 38 heavy (non-hydrogen) atoms. The summed E-state index contributed by atoms with van der Waals surface area (Å²) in [5, 5.41) is 11.7. The third-order valence-electron chi connectivity index (χ3n) is 6.74. The number of aryl methyl sites for hydroxylation is 1. The third-order valence-corrected chi connectivity index (χ3v) is 6.74. The van der Waals surface area contributed by atoms with E-state index in [2.05, 4.69) is 5.32 Å². The fourth-order valence-electron chi connectivity index (χ4n) is 4.86. The molecule has 1 atom stereocenters. The highest BCUT2D eigenvalue weighted by Crippen LogP contribution is 2.50. The highest BCUT2D eigenvalue weighted by atomic mass is 16.5. The average molecular weight is 529 g/mol. The number of rotatable bonds is 12. The number of ether oxygens (including phenoxy) is 4. The second-order valence-corrected chi connectivity index (χ2v) is 9.07. The molecular weight excluding hydrogens is 492 g/mol. The zero-order valence-electron chi connectivity index (χ0n) is 22.3. The van der Waals surface area contributed by atoms with Crippen LogP contribution in [0.4, 0.5) is 0 Å². The van der Waals surface area contributed by atoms with Gasteiger partial charge in [-0.1, -0.05) is 18.9 Å². The molecule has 1 aliphatic rings. The number of unbranched alkanes of at least 4 members (excludes halogenated alkanes) is 3. The number of amides is 2. The van der Waals surface area contributed by atoms with Crippen LogP contribution < -0.4 is 35.2 Å². The SMILES string of the molecule is COc1cc2c(c(OC)c1OC)-c1ccc(OC)c(=O)cc1[C@@H](NC(=O)CCCCCCC(=O)NO)CC2. The summed E-state index contributed by atoms with van der Waals surface area (Å²) >= 11 is 0. The molecule has 0 spiro atoms. The van der Waals surface area contributed by atoms with Gasteiger partial charge in [0.05, 0.1) is 34.5 Å². The monoisotopic (exact) mass is 528 g/mol. The molecule has 0 saturated heterocycles. The van der Waals surface area contributed by atoms with Gasteiger partial charge in [0.2, 0.25) is 23.0 Å². The number of carbonyl (C=O) groups is 2. The van der Waals surface area contributed by atoms with Gasteiger partial charge in [-0.3, -0.25) is 19.6 Å². The number of methoxy groups -OCH3 is 4. The molecule has 206 valence electrons. The molecule has 10 nitrogen and oxygen atoms in total. The zero-order valence-corrected chi connectivity index (χ0v) is 22.3. The van der Waals surface area contributed by atoms with E-state index in [4.69, 9.17) is 24.2 Å². The predicted molar refractivity (Wildman–Crippen MR) is 141 cm³/mol. The molecule has 2 aromatic rings. The van der Waals surface area contributed by atoms with Crippen LogP contribution in [0.25, 0.3) is 11.1 Å². The van der Waals surface area contributed by atoms with Gasteiger partial charge in [0.1, 0.15) is 0 Å². The van der Waals surface area contributed by atoms with Crippen LogP contribution >= 0.6 is 0 Å². The van der Waals surface area contributed by atoms with Crippen molar-refractivity contribution in [3.63, 3.8) is 0 Å². The van der Waals surface area contributed by atoms with Gasteiger partial charge in [0.25, 0.3) is 0 Å². The number of hydroxylamine groups is 1. The molecule has 0 saturated carbocycles. The Morgan fingerprint density at radius 2 is 1.53 bits per heavy atom. The Morgan fingerprint density at radius 3 is 2.13 bits per heavy atom. The van der Waals surface area contributed by atoms with E-state index >= 15 is 0 Å². The first-order valence-electron chi connectivity index (χ1n) is 12.6. The largest absolute Gasteiger partial charge is 0.493 e. The summed E-state index contributed by atoms with van der Waals surface area (Å²) in [5.41, 5.74) is 4.47. The Morgan fingerprint density at radius 1 is 0.868 bits per heavy atom. The minimum Gasteiger partial charge on any atom is -0.493 e. The minimum atomic E-state index is -0.412. The Hall–Kier alpha value is -3.79. The predicted octanol–water partition coefficient (Wildman–Crippen LogP) is 3.70. The highest BCUT2D eigenvalue weighted by molar-refractivity contribution is 5.83. The van der Waals surface area contributed by atoms with Crippen molar-refractivity contribution in [1.29, 1.82) is 0 Å². The van der Waals surface area contributed by atoms with Crippen LogP contribution in [0.2, 0.25) is 0 Å². The lowest BCUT2D eigenvalue weighted by molar-refractivity contribution is -0.129. The maximum Gasteiger partial charge on any atom is 0.243 e. The maximum absolute atomic E-state index is 12.9. The summed E-state index contributed by atoms with van der Waals surface area (Å²) in [4.78, 5) is 37.0. The number of fused-ring (bicyclic) bond motifs is 3. The maximum atomic E-state index is 12.9. The van der Waals surface area contributed by atoms with Crippen LogP contribution in [-0.4, -0.2) is 45.5 Å². The van der Waals surface area contributed by atoms with E-state index in [0.29, 0.717) is 54.9 Å². The molecule has 0 aromatic heterocycles. The first-order valence-corrected chi connectivity index (χ1v) is 12.6. The fourth-order valence-corrected chi connectivity index (χ4v) is 4.86. The van der Waals surface area contributed by atoms with Gasteiger partial charge in [-0.15, -0.1) is 0 Å². The lowest BCUT2D eigenvalue weighted by atomic mass is 9.95. The fraction of sp³-hybridized carbons (Fsp3) is 0.464. The molecule has 3 N–H and O–H groups in total. The number of nitrogens with one attached hydrogen (secondary N) is 2. The van der Waals surface area contributed by atoms with E-state index in [1.807, 2.05) is 12.1 Å². The summed E-state index contributed by atoms with van der Waals surface area (Å²) in [7, 11) is 6.10. The van der Waals surface area contributed by atoms with Crippen molar-refractivity contribution >= 4 is 11.8 Å². The first kappa shape index (κ1) is 28.8. The van der Waals surface area contributed by atoms with Crippen molar-refractivity contribution in [2.75, 3.05) is 28.4 Å². The van der Waals surface area contributed by atoms with Gasteiger partial charge in [0, 0.05) is 18.4 Å². The summed E-state index contributed by atoms with van der Waals surface area (Å²) in [5.74, 6) is 1.13. The van der Waals surface area contributed by atoms with Gasteiger partial charge in [-0.25, -0.2) is 5.48 Å². The topological polar surface area (TPSA) is 132 Å². The number of hydrogen-bond donors (Lipinski definition) is 3. The molecule has 0 aliphatic heterocycles. The Labute approximate surface area is 222 Å². The smallest absolute Gasteiger partial charge is 0.243 e. The summed E-state index contributed by atoms with van der Waals surface area (Å²) < 4.78 is 22.2. The van der Waals surface area contributed by atoms with E-state index in [9.17, 15) is 14.4 Å². The minimum absolute atomic E-state index is 0.118. The van der Waals surface area contributed by atoms with E-state index in [1.54, 1.807) is 32.9 Å². The van der Waals surface area contributed by atoms with Crippen molar-refractivity contribution in [1.82, 2.24) is 10.8 Å². The van der Waals surface area contributed by atoms with E-state index < -0.39 is 11.9 Å². The van der Waals surface area contributed by atoms with Crippen LogP contribution in [0.15, 0.2) is 29.1 Å². The van der Waals surface area contributed by atoms with Gasteiger partial charge in [-0.2, -0.15) is 0 Å². The molecule has 2 aromatic carbocycles. The molecule has 10 heteroatoms.